The van der Waals surface area contributed by atoms with Crippen molar-refractivity contribution in [1.82, 2.24) is 15.1 Å². The Labute approximate surface area is 159 Å². The van der Waals surface area contributed by atoms with Crippen LogP contribution in [0.4, 0.5) is 0 Å². The number of aliphatic imine (C=N–C) groups is 1. The largest absolute Gasteiger partial charge is 0.497 e. The number of guanidine groups is 1. The molecule has 0 radical (unpaired) electrons. The molecule has 3 rings (SSSR count). The number of hydrogen-bond acceptors (Lipinski definition) is 4. The SMILES string of the molecule is CN=C(NCCc1cccc(OC)c1)N1CCN(C(=O)c2ccco2)CC1. The number of benzene rings is 1. The van der Waals surface area contributed by atoms with Crippen LogP contribution in [-0.4, -0.2) is 68.5 Å². The van der Waals surface area contributed by atoms with E-state index in [-0.39, 0.29) is 5.91 Å². The van der Waals surface area contributed by atoms with Gasteiger partial charge in [0.25, 0.3) is 5.91 Å². The average molecular weight is 370 g/mol. The minimum absolute atomic E-state index is 0.0550. The summed E-state index contributed by atoms with van der Waals surface area (Å²) >= 11 is 0. The van der Waals surface area contributed by atoms with Gasteiger partial charge in [-0.3, -0.25) is 9.79 Å². The van der Waals surface area contributed by atoms with E-state index in [2.05, 4.69) is 21.3 Å². The standard InChI is InChI=1S/C20H26N4O3/c1-21-20(22-9-8-16-5-3-6-17(15-16)26-2)24-12-10-23(11-13-24)19(25)18-7-4-14-27-18/h3-7,14-15H,8-13H2,1-2H3,(H,21,22). The molecule has 144 valence electrons. The van der Waals surface area contributed by atoms with Gasteiger partial charge in [0.15, 0.2) is 11.7 Å². The molecule has 1 aliphatic heterocycles. The Kier molecular flexibility index (Phi) is 6.35. The zero-order chi connectivity index (χ0) is 19.1. The maximum Gasteiger partial charge on any atom is 0.289 e. The highest BCUT2D eigenvalue weighted by Crippen LogP contribution is 2.13. The second-order valence-corrected chi connectivity index (χ2v) is 6.33. The van der Waals surface area contributed by atoms with Crippen molar-refractivity contribution in [3.8, 4) is 5.75 Å². The van der Waals surface area contributed by atoms with Crippen LogP contribution < -0.4 is 10.1 Å². The molecule has 0 unspecified atom stereocenters. The molecule has 1 amide bonds. The molecule has 0 atom stereocenters. The summed E-state index contributed by atoms with van der Waals surface area (Å²) in [7, 11) is 3.46. The first kappa shape index (κ1) is 18.8. The van der Waals surface area contributed by atoms with Crippen LogP contribution in [0.1, 0.15) is 16.1 Å². The zero-order valence-corrected chi connectivity index (χ0v) is 15.9. The minimum atomic E-state index is -0.0550. The number of furan rings is 1. The molecule has 0 saturated carbocycles. The lowest BCUT2D eigenvalue weighted by Crippen LogP contribution is -2.53. The van der Waals surface area contributed by atoms with E-state index < -0.39 is 0 Å². The topological polar surface area (TPSA) is 70.3 Å². The fraction of sp³-hybridized carbons (Fsp3) is 0.400. The van der Waals surface area contributed by atoms with E-state index in [1.54, 1.807) is 26.3 Å². The monoisotopic (exact) mass is 370 g/mol. The molecular formula is C20H26N4O3. The Bertz CT molecular complexity index is 765. The fourth-order valence-corrected chi connectivity index (χ4v) is 3.16. The van der Waals surface area contributed by atoms with Crippen LogP contribution in [0, 0.1) is 0 Å². The number of ether oxygens (including phenoxy) is 1. The smallest absolute Gasteiger partial charge is 0.289 e. The number of carbonyl (C=O) groups excluding carboxylic acids is 1. The van der Waals surface area contributed by atoms with Gasteiger partial charge in [-0.1, -0.05) is 12.1 Å². The van der Waals surface area contributed by atoms with Crippen molar-refractivity contribution in [3.63, 3.8) is 0 Å². The van der Waals surface area contributed by atoms with E-state index in [0.29, 0.717) is 18.8 Å². The van der Waals surface area contributed by atoms with E-state index in [1.165, 1.54) is 11.8 Å². The Morgan fingerprint density at radius 1 is 1.19 bits per heavy atom. The zero-order valence-electron chi connectivity index (χ0n) is 15.9. The van der Waals surface area contributed by atoms with Gasteiger partial charge in [-0.2, -0.15) is 0 Å². The summed E-state index contributed by atoms with van der Waals surface area (Å²) < 4.78 is 10.5. The lowest BCUT2D eigenvalue weighted by Gasteiger charge is -2.36. The molecule has 1 aromatic heterocycles. The summed E-state index contributed by atoms with van der Waals surface area (Å²) in [6, 6.07) is 11.5. The summed E-state index contributed by atoms with van der Waals surface area (Å²) in [4.78, 5) is 20.7. The summed E-state index contributed by atoms with van der Waals surface area (Å²) in [6.07, 6.45) is 2.41. The van der Waals surface area contributed by atoms with Crippen molar-refractivity contribution in [2.75, 3.05) is 46.9 Å². The molecular weight excluding hydrogens is 344 g/mol. The number of carbonyl (C=O) groups is 1. The number of rotatable bonds is 5. The van der Waals surface area contributed by atoms with Gasteiger partial charge in [0.1, 0.15) is 5.75 Å². The van der Waals surface area contributed by atoms with Crippen molar-refractivity contribution in [2.45, 2.75) is 6.42 Å². The third-order valence-corrected chi connectivity index (χ3v) is 4.64. The summed E-state index contributed by atoms with van der Waals surface area (Å²) in [5.74, 6) is 2.07. The molecule has 1 N–H and O–H groups in total. The lowest BCUT2D eigenvalue weighted by molar-refractivity contribution is 0.0658. The first-order valence-electron chi connectivity index (χ1n) is 9.12. The minimum Gasteiger partial charge on any atom is -0.497 e. The van der Waals surface area contributed by atoms with Crippen molar-refractivity contribution >= 4 is 11.9 Å². The van der Waals surface area contributed by atoms with Crippen LogP contribution >= 0.6 is 0 Å². The van der Waals surface area contributed by atoms with Gasteiger partial charge in [-0.05, 0) is 36.2 Å². The molecule has 1 aromatic carbocycles. The summed E-state index contributed by atoms with van der Waals surface area (Å²) in [5.41, 5.74) is 1.21. The molecule has 1 saturated heterocycles. The molecule has 0 bridgehead atoms. The number of nitrogens with zero attached hydrogens (tertiary/aromatic N) is 3. The predicted molar refractivity (Wildman–Crippen MR) is 104 cm³/mol. The van der Waals surface area contributed by atoms with E-state index >= 15 is 0 Å². The van der Waals surface area contributed by atoms with Gasteiger partial charge >= 0.3 is 0 Å². The van der Waals surface area contributed by atoms with Crippen molar-refractivity contribution in [3.05, 3.63) is 54.0 Å². The van der Waals surface area contributed by atoms with Crippen LogP contribution in [0.2, 0.25) is 0 Å². The molecule has 0 aliphatic carbocycles. The van der Waals surface area contributed by atoms with E-state index in [4.69, 9.17) is 9.15 Å². The molecule has 1 fully saturated rings. The molecule has 1 aliphatic rings. The highest BCUT2D eigenvalue weighted by molar-refractivity contribution is 5.91. The Morgan fingerprint density at radius 2 is 1.96 bits per heavy atom. The van der Waals surface area contributed by atoms with E-state index in [0.717, 1.165) is 37.8 Å². The van der Waals surface area contributed by atoms with Crippen molar-refractivity contribution < 1.29 is 13.9 Å². The number of nitrogens with one attached hydrogen (secondary N) is 1. The third kappa shape index (κ3) is 4.81. The molecule has 0 spiro atoms. The Morgan fingerprint density at radius 3 is 2.63 bits per heavy atom. The normalized spacial score (nSPS) is 15.0. The van der Waals surface area contributed by atoms with Crippen LogP contribution in [0.25, 0.3) is 0 Å². The Hall–Kier alpha value is -2.96. The average Bonchev–Trinajstić information content (AvgIpc) is 3.26. The van der Waals surface area contributed by atoms with E-state index in [9.17, 15) is 4.79 Å². The Balaban J connectivity index is 1.47. The van der Waals surface area contributed by atoms with Crippen molar-refractivity contribution in [2.24, 2.45) is 4.99 Å². The molecule has 7 nitrogen and oxygen atoms in total. The maximum atomic E-state index is 12.3. The lowest BCUT2D eigenvalue weighted by atomic mass is 10.1. The molecule has 2 aromatic rings. The predicted octanol–water partition coefficient (Wildman–Crippen LogP) is 1.86. The first-order valence-corrected chi connectivity index (χ1v) is 9.12. The van der Waals surface area contributed by atoms with Crippen LogP contribution in [0.15, 0.2) is 52.1 Å². The fourth-order valence-electron chi connectivity index (χ4n) is 3.16. The number of amides is 1. The number of methoxy groups -OCH3 is 1. The molecule has 27 heavy (non-hydrogen) atoms. The van der Waals surface area contributed by atoms with Gasteiger partial charge in [0.2, 0.25) is 0 Å². The van der Waals surface area contributed by atoms with Crippen LogP contribution in [0.5, 0.6) is 5.75 Å². The van der Waals surface area contributed by atoms with Gasteiger partial charge in [0.05, 0.1) is 13.4 Å². The summed E-state index contributed by atoms with van der Waals surface area (Å²) in [6.45, 7) is 3.56. The van der Waals surface area contributed by atoms with Crippen LogP contribution in [0.3, 0.4) is 0 Å². The highest BCUT2D eigenvalue weighted by Gasteiger charge is 2.24. The third-order valence-electron chi connectivity index (χ3n) is 4.64. The quantitative estimate of drug-likeness (QED) is 0.643. The molecule has 2 heterocycles. The van der Waals surface area contributed by atoms with Gasteiger partial charge in [-0.25, -0.2) is 0 Å². The van der Waals surface area contributed by atoms with Crippen LogP contribution in [-0.2, 0) is 6.42 Å². The number of piperazine rings is 1. The highest BCUT2D eigenvalue weighted by atomic mass is 16.5. The van der Waals surface area contributed by atoms with E-state index in [1.807, 2.05) is 23.1 Å². The van der Waals surface area contributed by atoms with Gasteiger partial charge in [-0.15, -0.1) is 0 Å². The summed E-state index contributed by atoms with van der Waals surface area (Å²) in [5, 5.41) is 3.41. The second-order valence-electron chi connectivity index (χ2n) is 6.33. The van der Waals surface area contributed by atoms with Gasteiger partial charge in [0, 0.05) is 39.8 Å². The second kappa shape index (κ2) is 9.12. The van der Waals surface area contributed by atoms with Crippen molar-refractivity contribution in [1.29, 1.82) is 0 Å². The maximum absolute atomic E-state index is 12.3. The molecule has 7 heteroatoms. The first-order chi connectivity index (χ1) is 13.2. The van der Waals surface area contributed by atoms with Gasteiger partial charge < -0.3 is 24.3 Å². The number of hydrogen-bond donors (Lipinski definition) is 1.